The van der Waals surface area contributed by atoms with Crippen LogP contribution in [-0.2, 0) is 10.0 Å². The predicted molar refractivity (Wildman–Crippen MR) is 116 cm³/mol. The summed E-state index contributed by atoms with van der Waals surface area (Å²) in [5.74, 6) is 0. The molecule has 3 aromatic carbocycles. The molecule has 0 aliphatic heterocycles. The fourth-order valence-electron chi connectivity index (χ4n) is 3.69. The lowest BCUT2D eigenvalue weighted by Gasteiger charge is -2.26. The molecule has 0 saturated carbocycles. The van der Waals surface area contributed by atoms with E-state index in [9.17, 15) is 8.42 Å². The molecule has 3 N–H and O–H groups in total. The maximum Gasteiger partial charge on any atom is 0.241 e. The van der Waals surface area contributed by atoms with Crippen molar-refractivity contribution in [2.75, 3.05) is 0 Å². The van der Waals surface area contributed by atoms with E-state index in [2.05, 4.69) is 4.72 Å². The number of aryl methyl sites for hydroxylation is 3. The first kappa shape index (κ1) is 20.3. The Labute approximate surface area is 169 Å². The van der Waals surface area contributed by atoms with Crippen LogP contribution in [0.2, 0.25) is 0 Å². The summed E-state index contributed by atoms with van der Waals surface area (Å²) in [5, 5.41) is 0. The lowest BCUT2D eigenvalue weighted by atomic mass is 9.95. The number of sulfonamides is 1. The number of nitrogens with two attached hydrogens (primary N) is 1. The van der Waals surface area contributed by atoms with E-state index in [1.54, 1.807) is 0 Å². The molecule has 0 aliphatic rings. The number of benzene rings is 3. The van der Waals surface area contributed by atoms with E-state index >= 15 is 0 Å². The van der Waals surface area contributed by atoms with Gasteiger partial charge in [0.05, 0.1) is 17.0 Å². The summed E-state index contributed by atoms with van der Waals surface area (Å²) >= 11 is 0. The Morgan fingerprint density at radius 2 is 1.29 bits per heavy atom. The van der Waals surface area contributed by atoms with Gasteiger partial charge in [-0.25, -0.2) is 13.1 Å². The molecule has 2 atom stereocenters. The van der Waals surface area contributed by atoms with Gasteiger partial charge >= 0.3 is 0 Å². The van der Waals surface area contributed by atoms with Gasteiger partial charge in [-0.3, -0.25) is 0 Å². The van der Waals surface area contributed by atoms with Gasteiger partial charge in [-0.1, -0.05) is 78.4 Å². The van der Waals surface area contributed by atoms with E-state index in [0.717, 1.165) is 27.8 Å². The molecular weight excluding hydrogens is 368 g/mol. The summed E-state index contributed by atoms with van der Waals surface area (Å²) in [5.41, 5.74) is 10.7. The van der Waals surface area contributed by atoms with Gasteiger partial charge in [0.15, 0.2) is 0 Å². The average molecular weight is 397 g/mol. The van der Waals surface area contributed by atoms with Gasteiger partial charge in [-0.15, -0.1) is 0 Å². The molecule has 0 aliphatic carbocycles. The first-order valence-electron chi connectivity index (χ1n) is 9.25. The van der Waals surface area contributed by atoms with Crippen molar-refractivity contribution in [1.29, 1.82) is 0 Å². The van der Waals surface area contributed by atoms with Crippen LogP contribution in [0.1, 0.15) is 41.3 Å². The smallest absolute Gasteiger partial charge is 0.241 e. The number of hydrogen-bond donors (Lipinski definition) is 2. The molecule has 148 valence electrons. The second kappa shape index (κ2) is 8.27. The van der Waals surface area contributed by atoms with E-state index in [1.165, 1.54) is 0 Å². The largest absolute Gasteiger partial charge is 0.322 e. The maximum atomic E-state index is 13.3. The summed E-state index contributed by atoms with van der Waals surface area (Å²) < 4.78 is 29.5. The van der Waals surface area contributed by atoms with E-state index in [0.29, 0.717) is 4.90 Å². The van der Waals surface area contributed by atoms with Crippen LogP contribution in [0, 0.1) is 20.8 Å². The van der Waals surface area contributed by atoms with Gasteiger partial charge < -0.3 is 5.73 Å². The lowest BCUT2D eigenvalue weighted by Crippen LogP contribution is -2.36. The zero-order chi connectivity index (χ0) is 20.3. The van der Waals surface area contributed by atoms with E-state index in [4.69, 9.17) is 5.73 Å². The Balaban J connectivity index is 0.00000300. The van der Waals surface area contributed by atoms with Crippen LogP contribution in [0.15, 0.2) is 77.7 Å². The molecule has 3 aromatic rings. The Hall–Kier alpha value is -2.47. The Bertz CT molecular complexity index is 1030. The minimum Gasteiger partial charge on any atom is -0.322 e. The van der Waals surface area contributed by atoms with Gasteiger partial charge in [-0.05, 0) is 43.0 Å². The molecule has 0 bridgehead atoms. The van der Waals surface area contributed by atoms with Crippen molar-refractivity contribution in [3.05, 3.63) is 101 Å². The van der Waals surface area contributed by atoms with E-state index in [1.807, 2.05) is 93.6 Å². The van der Waals surface area contributed by atoms with Crippen LogP contribution < -0.4 is 10.5 Å². The van der Waals surface area contributed by atoms with Crippen LogP contribution in [0.5, 0.6) is 0 Å². The first-order chi connectivity index (χ1) is 13.3. The molecule has 3 rings (SSSR count). The predicted octanol–water partition coefficient (Wildman–Crippen LogP) is 4.58. The summed E-state index contributed by atoms with van der Waals surface area (Å²) in [7, 11) is -3.77. The molecule has 0 aromatic heterocycles. The third-order valence-electron chi connectivity index (χ3n) is 4.86. The fourth-order valence-corrected chi connectivity index (χ4v) is 5.39. The fraction of sp³-hybridized carbons (Fsp3) is 0.217. The molecule has 0 spiro atoms. The third kappa shape index (κ3) is 4.33. The quantitative estimate of drug-likeness (QED) is 0.641. The highest BCUT2D eigenvalue weighted by atomic mass is 32.2. The summed E-state index contributed by atoms with van der Waals surface area (Å²) in [6.07, 6.45) is 0. The molecule has 0 unspecified atom stereocenters. The molecule has 0 fully saturated rings. The van der Waals surface area contributed by atoms with Crippen LogP contribution in [0.25, 0.3) is 0 Å². The highest BCUT2D eigenvalue weighted by Crippen LogP contribution is 2.30. The number of hydrogen-bond acceptors (Lipinski definition) is 3. The summed E-state index contributed by atoms with van der Waals surface area (Å²) in [6, 6.07) is 21.7. The normalized spacial score (nSPS) is 13.9. The third-order valence-corrected chi connectivity index (χ3v) is 6.60. The van der Waals surface area contributed by atoms with Gasteiger partial charge in [-0.2, -0.15) is 0 Å². The van der Waals surface area contributed by atoms with E-state index in [-0.39, 0.29) is 1.43 Å². The van der Waals surface area contributed by atoms with Crippen molar-refractivity contribution in [3.63, 3.8) is 0 Å². The van der Waals surface area contributed by atoms with Crippen molar-refractivity contribution >= 4 is 10.0 Å². The molecule has 4 nitrogen and oxygen atoms in total. The Kier molecular flexibility index (Phi) is 5.98. The van der Waals surface area contributed by atoms with Gasteiger partial charge in [0, 0.05) is 1.43 Å². The highest BCUT2D eigenvalue weighted by molar-refractivity contribution is 7.89. The lowest BCUT2D eigenvalue weighted by molar-refractivity contribution is 0.503. The molecule has 0 saturated heterocycles. The zero-order valence-electron chi connectivity index (χ0n) is 16.4. The minimum absolute atomic E-state index is 0. The van der Waals surface area contributed by atoms with Crippen LogP contribution in [0.4, 0.5) is 0 Å². The van der Waals surface area contributed by atoms with Crippen LogP contribution in [0.3, 0.4) is 0 Å². The van der Waals surface area contributed by atoms with Crippen molar-refractivity contribution in [3.8, 4) is 0 Å². The van der Waals surface area contributed by atoms with Gasteiger partial charge in [0.1, 0.15) is 0 Å². The second-order valence-corrected chi connectivity index (χ2v) is 8.82. The standard InChI is InChI=1S/C23H26N2O2S.H2/c1-16-14-17(2)23(18(3)15-16)28(26,27)25-22(20-12-8-5-9-13-20)21(24)19-10-6-4-7-11-19;/h4-15,21-22,25H,24H2,1-3H3;1H/t21-,22-;/m1./s1. The van der Waals surface area contributed by atoms with E-state index < -0.39 is 22.1 Å². The summed E-state index contributed by atoms with van der Waals surface area (Å²) in [4.78, 5) is 0.319. The highest BCUT2D eigenvalue weighted by Gasteiger charge is 2.29. The van der Waals surface area contributed by atoms with Crippen molar-refractivity contribution in [2.45, 2.75) is 37.8 Å². The average Bonchev–Trinajstić information content (AvgIpc) is 2.66. The molecule has 0 heterocycles. The van der Waals surface area contributed by atoms with Gasteiger partial charge in [0.25, 0.3) is 0 Å². The van der Waals surface area contributed by atoms with Crippen molar-refractivity contribution < 1.29 is 9.84 Å². The van der Waals surface area contributed by atoms with Crippen LogP contribution >= 0.6 is 0 Å². The maximum absolute atomic E-state index is 13.3. The number of rotatable bonds is 6. The second-order valence-electron chi connectivity index (χ2n) is 7.17. The SMILES string of the molecule is Cc1cc(C)c(S(=O)(=O)N[C@H](c2ccccc2)[C@H](N)c2ccccc2)c(C)c1.[HH]. The molecular formula is C23H28N2O2S. The monoisotopic (exact) mass is 396 g/mol. The summed E-state index contributed by atoms with van der Waals surface area (Å²) in [6.45, 7) is 5.61. The minimum atomic E-state index is -3.77. The van der Waals surface area contributed by atoms with Crippen molar-refractivity contribution in [2.24, 2.45) is 5.73 Å². The molecule has 0 amide bonds. The van der Waals surface area contributed by atoms with Gasteiger partial charge in [0.2, 0.25) is 10.0 Å². The Morgan fingerprint density at radius 3 is 1.79 bits per heavy atom. The molecule has 5 heteroatoms. The molecule has 28 heavy (non-hydrogen) atoms. The van der Waals surface area contributed by atoms with Crippen molar-refractivity contribution in [1.82, 2.24) is 4.72 Å². The Morgan fingerprint density at radius 1 is 0.821 bits per heavy atom. The first-order valence-corrected chi connectivity index (χ1v) is 10.7. The van der Waals surface area contributed by atoms with Crippen LogP contribution in [-0.4, -0.2) is 8.42 Å². The topological polar surface area (TPSA) is 72.2 Å². The molecule has 0 radical (unpaired) electrons. The number of nitrogens with one attached hydrogen (secondary N) is 1. The zero-order valence-corrected chi connectivity index (χ0v) is 17.2.